The minimum Gasteiger partial charge on any atom is -0.489 e. The van der Waals surface area contributed by atoms with Crippen molar-refractivity contribution in [2.24, 2.45) is 0 Å². The zero-order valence-electron chi connectivity index (χ0n) is 19.2. The molecule has 0 aliphatic carbocycles. The number of rotatable bonds is 7. The van der Waals surface area contributed by atoms with Gasteiger partial charge in [0.05, 0.1) is 18.0 Å². The Kier molecular flexibility index (Phi) is 7.19. The number of aromatic nitrogens is 2. The quantitative estimate of drug-likeness (QED) is 0.521. The Morgan fingerprint density at radius 3 is 2.58 bits per heavy atom. The number of carbonyl (C=O) groups excluding carboxylic acids is 1. The van der Waals surface area contributed by atoms with E-state index in [1.54, 1.807) is 6.20 Å². The highest BCUT2D eigenvalue weighted by Gasteiger charge is 2.22. The largest absolute Gasteiger partial charge is 0.489 e. The molecule has 7 heteroatoms. The van der Waals surface area contributed by atoms with E-state index in [0.29, 0.717) is 17.4 Å². The van der Waals surface area contributed by atoms with Crippen LogP contribution in [0.4, 0.5) is 11.4 Å². The number of hydrogen-bond acceptors (Lipinski definition) is 6. The number of benzene rings is 2. The Hall–Kier alpha value is -3.45. The van der Waals surface area contributed by atoms with Crippen molar-refractivity contribution in [3.05, 3.63) is 77.9 Å². The molecule has 0 spiro atoms. The van der Waals surface area contributed by atoms with Crippen LogP contribution in [0.5, 0.6) is 5.75 Å². The highest BCUT2D eigenvalue weighted by molar-refractivity contribution is 6.03. The van der Waals surface area contributed by atoms with Gasteiger partial charge in [-0.2, -0.15) is 0 Å². The van der Waals surface area contributed by atoms with Crippen LogP contribution >= 0.6 is 0 Å². The molecule has 1 amide bonds. The molecule has 0 saturated carbocycles. The summed E-state index contributed by atoms with van der Waals surface area (Å²) in [6, 6.07) is 14.2. The first-order valence-electron chi connectivity index (χ1n) is 11.4. The highest BCUT2D eigenvalue weighted by Crippen LogP contribution is 2.34. The van der Waals surface area contributed by atoms with E-state index in [9.17, 15) is 4.79 Å². The molecule has 1 saturated heterocycles. The van der Waals surface area contributed by atoms with E-state index >= 15 is 0 Å². The van der Waals surface area contributed by atoms with Crippen LogP contribution in [0, 0.1) is 0 Å². The Morgan fingerprint density at radius 1 is 1.15 bits per heavy atom. The lowest BCUT2D eigenvalue weighted by atomic mass is 9.89. The summed E-state index contributed by atoms with van der Waals surface area (Å²) in [6.45, 7) is 6.94. The number of nitrogens with zero attached hydrogens (tertiary/aromatic N) is 3. The molecule has 1 aliphatic heterocycles. The Morgan fingerprint density at radius 2 is 1.91 bits per heavy atom. The number of amides is 1. The summed E-state index contributed by atoms with van der Waals surface area (Å²) in [4.78, 5) is 23.3. The molecule has 3 N–H and O–H groups in total. The maximum absolute atomic E-state index is 12.7. The smallest absolute Gasteiger partial charge is 0.275 e. The minimum atomic E-state index is -0.299. The van der Waals surface area contributed by atoms with Crippen molar-refractivity contribution in [3.8, 4) is 5.75 Å². The van der Waals surface area contributed by atoms with Crippen molar-refractivity contribution in [2.75, 3.05) is 24.1 Å². The zero-order chi connectivity index (χ0) is 23.2. The lowest BCUT2D eigenvalue weighted by Gasteiger charge is -2.32. The average molecular weight is 446 g/mol. The summed E-state index contributed by atoms with van der Waals surface area (Å²) < 4.78 is 5.95. The van der Waals surface area contributed by atoms with Gasteiger partial charge in [0.2, 0.25) is 0 Å². The molecular formula is C26H31N5O2. The van der Waals surface area contributed by atoms with Gasteiger partial charge in [0.15, 0.2) is 0 Å². The first kappa shape index (κ1) is 22.7. The molecule has 33 heavy (non-hydrogen) atoms. The fourth-order valence-corrected chi connectivity index (χ4v) is 4.16. The normalized spacial score (nSPS) is 14.9. The number of nitrogens with one attached hydrogen (secondary N) is 1. The molecule has 0 bridgehead atoms. The molecule has 4 rings (SSSR count). The first-order chi connectivity index (χ1) is 16.0. The number of carbonyl (C=O) groups is 1. The molecule has 1 aromatic heterocycles. The summed E-state index contributed by atoms with van der Waals surface area (Å²) in [7, 11) is 0. The molecule has 0 unspecified atom stereocenters. The number of hydrogen-bond donors (Lipinski definition) is 2. The molecule has 0 radical (unpaired) electrons. The minimum absolute atomic E-state index is 0.000376. The first-order valence-corrected chi connectivity index (χ1v) is 11.4. The topological polar surface area (TPSA) is 93.4 Å². The van der Waals surface area contributed by atoms with Crippen LogP contribution in [0.3, 0.4) is 0 Å². The number of piperidine rings is 1. The lowest BCUT2D eigenvalue weighted by molar-refractivity contribution is 0.102. The third kappa shape index (κ3) is 6.08. The number of nitrogen functional groups attached to an aromatic ring is 1. The lowest BCUT2D eigenvalue weighted by Crippen LogP contribution is -2.32. The monoisotopic (exact) mass is 445 g/mol. The summed E-state index contributed by atoms with van der Waals surface area (Å²) in [5.74, 6) is 0.798. The molecule has 1 aliphatic rings. The van der Waals surface area contributed by atoms with Crippen LogP contribution in [-0.2, 0) is 6.54 Å². The van der Waals surface area contributed by atoms with Crippen molar-refractivity contribution < 1.29 is 9.53 Å². The van der Waals surface area contributed by atoms with Gasteiger partial charge < -0.3 is 15.8 Å². The van der Waals surface area contributed by atoms with E-state index in [-0.39, 0.29) is 17.7 Å². The van der Waals surface area contributed by atoms with Crippen molar-refractivity contribution in [1.29, 1.82) is 0 Å². The van der Waals surface area contributed by atoms with Gasteiger partial charge in [-0.1, -0.05) is 18.2 Å². The molecule has 7 nitrogen and oxygen atoms in total. The number of nitrogens with two attached hydrogens (primary N) is 1. The Labute approximate surface area is 195 Å². The molecule has 1 fully saturated rings. The van der Waals surface area contributed by atoms with Gasteiger partial charge >= 0.3 is 0 Å². The van der Waals surface area contributed by atoms with Gasteiger partial charge in [-0.3, -0.25) is 14.7 Å². The second-order valence-electron chi connectivity index (χ2n) is 8.76. The van der Waals surface area contributed by atoms with E-state index in [0.717, 1.165) is 38.2 Å². The summed E-state index contributed by atoms with van der Waals surface area (Å²) >= 11 is 0. The molecular weight excluding hydrogens is 414 g/mol. The predicted octanol–water partition coefficient (Wildman–Crippen LogP) is 4.48. The van der Waals surface area contributed by atoms with Gasteiger partial charge in [-0.05, 0) is 81.1 Å². The van der Waals surface area contributed by atoms with Crippen LogP contribution in [0.25, 0.3) is 0 Å². The van der Waals surface area contributed by atoms with Gasteiger partial charge in [0.1, 0.15) is 11.4 Å². The standard InChI is InChI=1S/C26H31N5O2/c1-18(2)33-25-8-5-21(15-23(25)30-26(32)24-16-28-11-12-29-24)20-9-13-31(14-10-20)17-19-3-6-22(27)7-4-19/h3-8,11-12,15-16,18,20H,9-10,13-14,17,27H2,1-2H3,(H,30,32). The fraction of sp³-hybridized carbons (Fsp3) is 0.346. The molecule has 2 aromatic carbocycles. The fourth-order valence-electron chi connectivity index (χ4n) is 4.16. The number of anilines is 2. The number of likely N-dealkylation sites (tertiary alicyclic amines) is 1. The van der Waals surface area contributed by atoms with Crippen molar-refractivity contribution >= 4 is 17.3 Å². The molecule has 172 valence electrons. The van der Waals surface area contributed by atoms with Crippen LogP contribution in [0.15, 0.2) is 61.1 Å². The SMILES string of the molecule is CC(C)Oc1ccc(C2CCN(Cc3ccc(N)cc3)CC2)cc1NC(=O)c1cnccn1. The second-order valence-corrected chi connectivity index (χ2v) is 8.76. The van der Waals surface area contributed by atoms with E-state index in [2.05, 4.69) is 38.4 Å². The van der Waals surface area contributed by atoms with E-state index in [1.165, 1.54) is 23.5 Å². The van der Waals surface area contributed by atoms with Gasteiger partial charge in [-0.25, -0.2) is 4.98 Å². The highest BCUT2D eigenvalue weighted by atomic mass is 16.5. The van der Waals surface area contributed by atoms with Crippen LogP contribution < -0.4 is 15.8 Å². The predicted molar refractivity (Wildman–Crippen MR) is 130 cm³/mol. The van der Waals surface area contributed by atoms with E-state index < -0.39 is 0 Å². The molecule has 2 heterocycles. The third-order valence-electron chi connectivity index (χ3n) is 5.86. The maximum atomic E-state index is 12.7. The summed E-state index contributed by atoms with van der Waals surface area (Å²) in [6.07, 6.45) is 6.64. The summed E-state index contributed by atoms with van der Waals surface area (Å²) in [5.41, 5.74) is 10.0. The van der Waals surface area contributed by atoms with Crippen molar-refractivity contribution in [3.63, 3.8) is 0 Å². The van der Waals surface area contributed by atoms with E-state index in [4.69, 9.17) is 10.5 Å². The van der Waals surface area contributed by atoms with Gasteiger partial charge in [-0.15, -0.1) is 0 Å². The van der Waals surface area contributed by atoms with Gasteiger partial charge in [0.25, 0.3) is 5.91 Å². The molecule has 3 aromatic rings. The Balaban J connectivity index is 1.44. The van der Waals surface area contributed by atoms with Crippen molar-refractivity contribution in [2.45, 2.75) is 45.3 Å². The summed E-state index contributed by atoms with van der Waals surface area (Å²) in [5, 5.41) is 2.97. The number of ether oxygens (including phenoxy) is 1. The average Bonchev–Trinajstić information content (AvgIpc) is 2.82. The Bertz CT molecular complexity index is 1060. The van der Waals surface area contributed by atoms with Crippen LogP contribution in [0.1, 0.15) is 54.2 Å². The molecule has 0 atom stereocenters. The zero-order valence-corrected chi connectivity index (χ0v) is 19.2. The second kappa shape index (κ2) is 10.4. The van der Waals surface area contributed by atoms with Crippen LogP contribution in [0.2, 0.25) is 0 Å². The van der Waals surface area contributed by atoms with Crippen LogP contribution in [-0.4, -0.2) is 40.0 Å². The maximum Gasteiger partial charge on any atom is 0.275 e. The van der Waals surface area contributed by atoms with E-state index in [1.807, 2.05) is 38.1 Å². The third-order valence-corrected chi connectivity index (χ3v) is 5.86. The van der Waals surface area contributed by atoms with Crippen molar-refractivity contribution in [1.82, 2.24) is 14.9 Å². The van der Waals surface area contributed by atoms with Gasteiger partial charge in [0, 0.05) is 24.6 Å².